The molecule has 0 aromatic rings. The van der Waals surface area contributed by atoms with Gasteiger partial charge in [0.15, 0.2) is 0 Å². The molecule has 0 heterocycles. The number of carbonyl (C=O) groups is 8. The van der Waals surface area contributed by atoms with Gasteiger partial charge in [-0.3, -0.25) is 33.6 Å². The summed E-state index contributed by atoms with van der Waals surface area (Å²) in [6.45, 7) is 16.0. The van der Waals surface area contributed by atoms with Crippen molar-refractivity contribution < 1.29 is 43.5 Å². The number of carbonyl (C=O) groups excluding carboxylic acids is 7. The predicted molar refractivity (Wildman–Crippen MR) is 269 cm³/mol. The molecule has 0 spiro atoms. The monoisotopic (exact) mass is 983 g/mol. The van der Waals surface area contributed by atoms with Gasteiger partial charge in [-0.15, -0.1) is 0 Å². The number of carboxylic acid groups (broad SMARTS) is 1. The number of nitrogens with two attached hydrogens (primary N) is 5. The van der Waals surface area contributed by atoms with Gasteiger partial charge in [-0.25, -0.2) is 4.79 Å². The molecule has 69 heavy (non-hydrogen) atoms. The van der Waals surface area contributed by atoms with E-state index in [0.29, 0.717) is 103 Å². The molecule has 18 N–H and O–H groups in total. The molecule has 0 saturated heterocycles. The number of unbranched alkanes of at least 4 members (excludes halogenated alkanes) is 4. The normalized spacial score (nSPS) is 16.6. The highest BCUT2D eigenvalue weighted by molar-refractivity contribution is 5.97. The van der Waals surface area contributed by atoms with E-state index in [1.807, 2.05) is 34.6 Å². The molecule has 12 atom stereocenters. The van der Waals surface area contributed by atoms with Crippen LogP contribution < -0.4 is 65.9 Å². The van der Waals surface area contributed by atoms with E-state index in [0.717, 1.165) is 0 Å². The summed E-state index contributed by atoms with van der Waals surface area (Å²) in [7, 11) is 0. The van der Waals surface area contributed by atoms with E-state index in [-0.39, 0.29) is 31.6 Å². The third kappa shape index (κ3) is 24.3. The number of amides is 7. The van der Waals surface area contributed by atoms with E-state index in [2.05, 4.69) is 37.2 Å². The lowest BCUT2D eigenvalue weighted by Gasteiger charge is -2.31. The molecule has 0 radical (unpaired) electrons. The van der Waals surface area contributed by atoms with E-state index in [1.54, 1.807) is 20.8 Å². The third-order valence-corrected chi connectivity index (χ3v) is 13.2. The first-order chi connectivity index (χ1) is 32.7. The largest absolute Gasteiger partial charge is 0.480 e. The summed E-state index contributed by atoms with van der Waals surface area (Å²) in [5.41, 5.74) is 29.1. The van der Waals surface area contributed by atoms with Gasteiger partial charge in [0.05, 0.1) is 6.04 Å². The number of carboxylic acids is 1. The van der Waals surface area contributed by atoms with Crippen molar-refractivity contribution in [3.63, 3.8) is 0 Å². The zero-order valence-electron chi connectivity index (χ0n) is 43.2. The maximum Gasteiger partial charge on any atom is 0.326 e. The Labute approximate surface area is 412 Å². The second-order valence-electron chi connectivity index (χ2n) is 18.7. The molecule has 400 valence electrons. The van der Waals surface area contributed by atoms with Crippen LogP contribution in [0.15, 0.2) is 0 Å². The Balaban J connectivity index is 6.70. The standard InChI is InChI=1S/C48H94N12O9/c1-9-29(5)37(53)44(64)54-33(21-13-17-25-49)41(61)58-38(30(6)10-2)45(65)55-34(22-14-18-26-50)42(62)59-39(31(7)11-3)46(66)56-35(23-15-19-27-51)43(63)60-40(32(8)12-4)47(67)57-36(48(68)69)24-16-20-28-52/h29-40H,9-28,49-53H2,1-8H3,(H,54,64)(H,55,65)(H,56,66)(H,57,67)(H,58,61)(H,59,62)(H,60,63)(H,68,69)/t29-,30-,31-,32-,33-,34-,35-,36-,37-,38-,39-,40-/m0/s1. The summed E-state index contributed by atoms with van der Waals surface area (Å²) in [5, 5.41) is 29.2. The molecule has 0 bridgehead atoms. The summed E-state index contributed by atoms with van der Waals surface area (Å²) in [5.74, 6) is -7.04. The van der Waals surface area contributed by atoms with Crippen LogP contribution in [0.3, 0.4) is 0 Å². The first-order valence-corrected chi connectivity index (χ1v) is 25.6. The fourth-order valence-electron chi connectivity index (χ4n) is 7.47. The molecule has 0 aromatic carbocycles. The first kappa shape index (κ1) is 64.6. The minimum atomic E-state index is -1.22. The van der Waals surface area contributed by atoms with E-state index in [4.69, 9.17) is 28.7 Å². The molecule has 21 nitrogen and oxygen atoms in total. The minimum Gasteiger partial charge on any atom is -0.480 e. The second-order valence-corrected chi connectivity index (χ2v) is 18.7. The van der Waals surface area contributed by atoms with Crippen molar-refractivity contribution in [3.05, 3.63) is 0 Å². The topological polar surface area (TPSA) is 371 Å². The van der Waals surface area contributed by atoms with Gasteiger partial charge in [-0.1, -0.05) is 81.1 Å². The van der Waals surface area contributed by atoms with Crippen LogP contribution in [0.1, 0.15) is 158 Å². The molecule has 0 rings (SSSR count). The minimum absolute atomic E-state index is 0.141. The Kier molecular flexibility index (Phi) is 34.1. The van der Waals surface area contributed by atoms with Crippen molar-refractivity contribution in [2.75, 3.05) is 26.2 Å². The predicted octanol–water partition coefficient (Wildman–Crippen LogP) is 0.492. The Morgan fingerprint density at radius 3 is 0.855 bits per heavy atom. The molecule has 0 aliphatic carbocycles. The van der Waals surface area contributed by atoms with E-state index < -0.39 is 113 Å². The van der Waals surface area contributed by atoms with Crippen LogP contribution in [0.2, 0.25) is 0 Å². The number of aliphatic carboxylic acids is 1. The van der Waals surface area contributed by atoms with Crippen LogP contribution in [-0.2, 0) is 38.4 Å². The van der Waals surface area contributed by atoms with Crippen LogP contribution in [0.25, 0.3) is 0 Å². The van der Waals surface area contributed by atoms with Gasteiger partial charge in [0, 0.05) is 0 Å². The molecule has 0 fully saturated rings. The van der Waals surface area contributed by atoms with Gasteiger partial charge < -0.3 is 71.0 Å². The van der Waals surface area contributed by atoms with Gasteiger partial charge in [0.1, 0.15) is 42.3 Å². The molecule has 0 aliphatic rings. The first-order valence-electron chi connectivity index (χ1n) is 25.6. The Morgan fingerprint density at radius 1 is 0.362 bits per heavy atom. The maximum atomic E-state index is 14.3. The molecule has 0 unspecified atom stereocenters. The highest BCUT2D eigenvalue weighted by atomic mass is 16.4. The lowest BCUT2D eigenvalue weighted by atomic mass is 9.95. The number of rotatable bonds is 39. The summed E-state index contributed by atoms with van der Waals surface area (Å²) >= 11 is 0. The quantitative estimate of drug-likeness (QED) is 0.0373. The van der Waals surface area contributed by atoms with Crippen LogP contribution in [0, 0.1) is 23.7 Å². The van der Waals surface area contributed by atoms with Crippen molar-refractivity contribution in [2.45, 2.75) is 206 Å². The summed E-state index contributed by atoms with van der Waals surface area (Å²) < 4.78 is 0. The third-order valence-electron chi connectivity index (χ3n) is 13.2. The molecule has 7 amide bonds. The van der Waals surface area contributed by atoms with E-state index >= 15 is 0 Å². The van der Waals surface area contributed by atoms with Crippen LogP contribution in [0.5, 0.6) is 0 Å². The molecule has 21 heteroatoms. The van der Waals surface area contributed by atoms with E-state index in [1.165, 1.54) is 0 Å². The Morgan fingerprint density at radius 2 is 0.609 bits per heavy atom. The number of hydrogen-bond donors (Lipinski definition) is 13. The summed E-state index contributed by atoms with van der Waals surface area (Å²) in [4.78, 5) is 110. The average Bonchev–Trinajstić information content (AvgIpc) is 3.33. The molecule has 0 saturated carbocycles. The molecular weight excluding hydrogens is 889 g/mol. The fraction of sp³-hybridized carbons (Fsp3) is 0.833. The lowest BCUT2D eigenvalue weighted by molar-refractivity contribution is -0.143. The van der Waals surface area contributed by atoms with Crippen LogP contribution in [-0.4, -0.2) is 127 Å². The second kappa shape index (κ2) is 36.5. The van der Waals surface area contributed by atoms with Gasteiger partial charge >= 0.3 is 5.97 Å². The van der Waals surface area contributed by atoms with Crippen molar-refractivity contribution in [3.8, 4) is 0 Å². The highest BCUT2D eigenvalue weighted by Gasteiger charge is 2.37. The van der Waals surface area contributed by atoms with Gasteiger partial charge in [-0.2, -0.15) is 0 Å². The number of nitrogens with one attached hydrogen (secondary N) is 7. The molecular formula is C48H94N12O9. The average molecular weight is 983 g/mol. The van der Waals surface area contributed by atoms with Crippen LogP contribution in [0.4, 0.5) is 0 Å². The fourth-order valence-corrected chi connectivity index (χ4v) is 7.47. The van der Waals surface area contributed by atoms with Crippen molar-refractivity contribution in [1.29, 1.82) is 0 Å². The van der Waals surface area contributed by atoms with Crippen LogP contribution >= 0.6 is 0 Å². The van der Waals surface area contributed by atoms with Crippen molar-refractivity contribution in [2.24, 2.45) is 52.3 Å². The zero-order valence-corrected chi connectivity index (χ0v) is 43.2. The Bertz CT molecular complexity index is 1560. The van der Waals surface area contributed by atoms with Crippen molar-refractivity contribution in [1.82, 2.24) is 37.2 Å². The van der Waals surface area contributed by atoms with E-state index in [9.17, 15) is 43.5 Å². The smallest absolute Gasteiger partial charge is 0.326 e. The summed E-state index contributed by atoms with van der Waals surface area (Å²) in [6.07, 6.45) is 6.85. The van der Waals surface area contributed by atoms with Crippen molar-refractivity contribution >= 4 is 47.3 Å². The summed E-state index contributed by atoms with van der Waals surface area (Å²) in [6, 6.07) is -8.80. The zero-order chi connectivity index (χ0) is 52.6. The SMILES string of the molecule is CC[C@H](C)[C@H](N)C(=O)N[C@@H](CCCCN)C(=O)N[C@H](C(=O)N[C@@H](CCCCN)C(=O)N[C@H](C(=O)N[C@@H](CCCCN)C(=O)N[C@H](C(=O)N[C@@H](CCCCN)C(=O)O)[C@@H](C)CC)[C@@H](C)CC)[C@@H](C)CC. The van der Waals surface area contributed by atoms with Gasteiger partial charge in [0.25, 0.3) is 0 Å². The van der Waals surface area contributed by atoms with Gasteiger partial charge in [-0.05, 0) is 127 Å². The molecule has 0 aliphatic heterocycles. The number of hydrogen-bond acceptors (Lipinski definition) is 13. The maximum absolute atomic E-state index is 14.3. The Hall–Kier alpha value is -4.44. The highest BCUT2D eigenvalue weighted by Crippen LogP contribution is 2.16. The molecule has 0 aromatic heterocycles. The van der Waals surface area contributed by atoms with Gasteiger partial charge in [0.2, 0.25) is 41.4 Å². The lowest BCUT2D eigenvalue weighted by Crippen LogP contribution is -2.62.